The van der Waals surface area contributed by atoms with Crippen LogP contribution in [-0.2, 0) is 15.1 Å². The van der Waals surface area contributed by atoms with E-state index in [4.69, 9.17) is 16.3 Å². The summed E-state index contributed by atoms with van der Waals surface area (Å²) >= 11 is 5.90. The van der Waals surface area contributed by atoms with Gasteiger partial charge in [-0.25, -0.2) is 14.2 Å². The summed E-state index contributed by atoms with van der Waals surface area (Å²) in [6.45, 7) is 2.14. The maximum atomic E-state index is 15.2. The standard InChI is InChI=1S/C31H36ClFN6O3/c1-19-14-22(11-13-35-19)31(34-2,12-10-20-4-5-20)21-6-8-25(33)26(15-21)37-29(40)27-16-24(42-3)18-39(27)30(41)38-28-9-7-23(32)17-36-28/h6-9,11,13-15,17,20,24,27,34H,4-5,10,12,16,18H2,1-3H3,(H,37,40)(H,36,38,41)/t24?,27?,31-/m0/s1. The predicted molar refractivity (Wildman–Crippen MR) is 160 cm³/mol. The van der Waals surface area contributed by atoms with Crippen LogP contribution in [0.1, 0.15) is 48.9 Å². The summed E-state index contributed by atoms with van der Waals surface area (Å²) in [6.07, 6.45) is 7.39. The number of rotatable bonds is 10. The molecule has 1 aliphatic carbocycles. The molecule has 1 aliphatic heterocycles. The number of nitrogens with zero attached hydrogens (tertiary/aromatic N) is 3. The van der Waals surface area contributed by atoms with Gasteiger partial charge < -0.3 is 20.3 Å². The first-order valence-corrected chi connectivity index (χ1v) is 14.5. The molecule has 9 nitrogen and oxygen atoms in total. The highest BCUT2D eigenvalue weighted by Gasteiger charge is 2.41. The SMILES string of the molecule is CN[C@](CCC1CC1)(c1ccnc(C)c1)c1ccc(F)c(NC(=O)C2CC(OC)CN2C(=O)Nc2ccc(Cl)cn2)c1. The van der Waals surface area contributed by atoms with E-state index in [1.165, 1.54) is 37.1 Å². The molecule has 2 aliphatic rings. The Labute approximate surface area is 250 Å². The maximum absolute atomic E-state index is 15.2. The highest BCUT2D eigenvalue weighted by molar-refractivity contribution is 6.30. The number of ether oxygens (including phenoxy) is 1. The average Bonchev–Trinajstić information content (AvgIpc) is 3.71. The predicted octanol–water partition coefficient (Wildman–Crippen LogP) is 5.49. The molecule has 1 saturated heterocycles. The minimum absolute atomic E-state index is 0.0508. The van der Waals surface area contributed by atoms with Gasteiger partial charge >= 0.3 is 6.03 Å². The summed E-state index contributed by atoms with van der Waals surface area (Å²) < 4.78 is 20.7. The smallest absolute Gasteiger partial charge is 0.323 e. The van der Waals surface area contributed by atoms with Crippen molar-refractivity contribution in [2.45, 2.75) is 56.7 Å². The van der Waals surface area contributed by atoms with Gasteiger partial charge in [-0.15, -0.1) is 0 Å². The number of hydrogen-bond donors (Lipinski definition) is 3. The van der Waals surface area contributed by atoms with E-state index >= 15 is 4.39 Å². The molecule has 42 heavy (non-hydrogen) atoms. The largest absolute Gasteiger partial charge is 0.380 e. The van der Waals surface area contributed by atoms with Crippen molar-refractivity contribution < 1.29 is 18.7 Å². The molecule has 2 aromatic heterocycles. The highest BCUT2D eigenvalue weighted by Crippen LogP contribution is 2.42. The van der Waals surface area contributed by atoms with Crippen molar-refractivity contribution >= 4 is 35.0 Å². The fourth-order valence-corrected chi connectivity index (χ4v) is 5.79. The first-order chi connectivity index (χ1) is 20.2. The number of likely N-dealkylation sites (tertiary alicyclic amines) is 1. The molecule has 3 aromatic rings. The van der Waals surface area contributed by atoms with E-state index in [1.54, 1.807) is 30.5 Å². The molecule has 2 unspecified atom stereocenters. The summed E-state index contributed by atoms with van der Waals surface area (Å²) in [4.78, 5) is 36.6. The molecule has 0 spiro atoms. The van der Waals surface area contributed by atoms with E-state index in [-0.39, 0.29) is 24.8 Å². The number of carbonyl (C=O) groups excluding carboxylic acids is 2. The molecule has 2 fully saturated rings. The Hall–Kier alpha value is -3.60. The van der Waals surface area contributed by atoms with Crippen molar-refractivity contribution in [3.63, 3.8) is 0 Å². The van der Waals surface area contributed by atoms with E-state index in [9.17, 15) is 9.59 Å². The third-order valence-corrected chi connectivity index (χ3v) is 8.50. The van der Waals surface area contributed by atoms with Gasteiger partial charge in [-0.1, -0.05) is 30.5 Å². The van der Waals surface area contributed by atoms with Crippen LogP contribution in [0.3, 0.4) is 0 Å². The van der Waals surface area contributed by atoms with Crippen molar-refractivity contribution in [3.8, 4) is 0 Å². The zero-order valence-electron chi connectivity index (χ0n) is 24.0. The first kappa shape index (κ1) is 29.9. The molecule has 3 heterocycles. The van der Waals surface area contributed by atoms with Gasteiger partial charge in [0.2, 0.25) is 5.91 Å². The molecule has 1 aromatic carbocycles. The van der Waals surface area contributed by atoms with E-state index in [0.29, 0.717) is 16.8 Å². The van der Waals surface area contributed by atoms with Crippen molar-refractivity contribution in [3.05, 3.63) is 82.5 Å². The summed E-state index contributed by atoms with van der Waals surface area (Å²) in [7, 11) is 3.43. The second-order valence-electron chi connectivity index (χ2n) is 11.1. The van der Waals surface area contributed by atoms with Crippen LogP contribution >= 0.6 is 11.6 Å². The zero-order chi connectivity index (χ0) is 29.9. The Balaban J connectivity index is 1.40. The van der Waals surface area contributed by atoms with E-state index in [0.717, 1.165) is 29.7 Å². The fraction of sp³-hybridized carbons (Fsp3) is 0.419. The lowest BCUT2D eigenvalue weighted by atomic mass is 9.78. The molecule has 3 atom stereocenters. The number of nitrogens with one attached hydrogen (secondary N) is 3. The number of methoxy groups -OCH3 is 1. The minimum atomic E-state index is -0.878. The second kappa shape index (κ2) is 12.7. The van der Waals surface area contributed by atoms with Crippen LogP contribution in [0.2, 0.25) is 5.02 Å². The van der Waals surface area contributed by atoms with Crippen LogP contribution in [0.4, 0.5) is 20.7 Å². The lowest BCUT2D eigenvalue weighted by molar-refractivity contribution is -0.119. The quantitative estimate of drug-likeness (QED) is 0.286. The van der Waals surface area contributed by atoms with Gasteiger partial charge in [-0.05, 0) is 80.3 Å². The lowest BCUT2D eigenvalue weighted by Gasteiger charge is -2.36. The lowest BCUT2D eigenvalue weighted by Crippen LogP contribution is -2.45. The number of halogens is 2. The Kier molecular flexibility index (Phi) is 9.05. The van der Waals surface area contributed by atoms with Crippen molar-refractivity contribution in [1.82, 2.24) is 20.2 Å². The van der Waals surface area contributed by atoms with E-state index < -0.39 is 29.3 Å². The van der Waals surface area contributed by atoms with Crippen molar-refractivity contribution in [1.29, 1.82) is 0 Å². The fourth-order valence-electron chi connectivity index (χ4n) is 5.68. The molecule has 11 heteroatoms. The van der Waals surface area contributed by atoms with Gasteiger partial charge in [-0.2, -0.15) is 0 Å². The summed E-state index contributed by atoms with van der Waals surface area (Å²) in [5.41, 5.74) is 2.19. The highest BCUT2D eigenvalue weighted by atomic mass is 35.5. The number of urea groups is 1. The average molecular weight is 595 g/mol. The summed E-state index contributed by atoms with van der Waals surface area (Å²) in [6, 6.07) is 10.6. The van der Waals surface area contributed by atoms with Gasteiger partial charge in [-0.3, -0.25) is 15.1 Å². The zero-order valence-corrected chi connectivity index (χ0v) is 24.7. The normalized spacial score (nSPS) is 19.8. The third-order valence-electron chi connectivity index (χ3n) is 8.28. The number of benzene rings is 1. The van der Waals surface area contributed by atoms with Gasteiger partial charge in [0.05, 0.1) is 22.4 Å². The van der Waals surface area contributed by atoms with Crippen LogP contribution in [0, 0.1) is 18.7 Å². The van der Waals surface area contributed by atoms with E-state index in [2.05, 4.69) is 25.9 Å². The monoisotopic (exact) mass is 594 g/mol. The topological polar surface area (TPSA) is 108 Å². The molecule has 1 saturated carbocycles. The number of aromatic nitrogens is 2. The van der Waals surface area contributed by atoms with Gasteiger partial charge in [0.1, 0.15) is 17.7 Å². The first-order valence-electron chi connectivity index (χ1n) is 14.2. The Bertz CT molecular complexity index is 1440. The number of aryl methyl sites for hydroxylation is 1. The molecule has 5 rings (SSSR count). The minimum Gasteiger partial charge on any atom is -0.380 e. The van der Waals surface area contributed by atoms with E-state index in [1.807, 2.05) is 26.1 Å². The van der Waals surface area contributed by atoms with Crippen molar-refractivity contribution in [2.75, 3.05) is 31.3 Å². The number of hydrogen-bond acceptors (Lipinski definition) is 6. The summed E-state index contributed by atoms with van der Waals surface area (Å²) in [5, 5.41) is 9.42. The second-order valence-corrected chi connectivity index (χ2v) is 11.5. The Morgan fingerprint density at radius 1 is 1.12 bits per heavy atom. The van der Waals surface area contributed by atoms with Crippen LogP contribution in [0.5, 0.6) is 0 Å². The van der Waals surface area contributed by atoms with Gasteiger partial charge in [0.25, 0.3) is 0 Å². The molecule has 3 N–H and O–H groups in total. The summed E-state index contributed by atoms with van der Waals surface area (Å²) in [5.74, 6) is -0.0776. The maximum Gasteiger partial charge on any atom is 0.323 e. The molecular weight excluding hydrogens is 559 g/mol. The van der Waals surface area contributed by atoms with Crippen LogP contribution in [-0.4, -0.2) is 59.7 Å². The van der Waals surface area contributed by atoms with Crippen LogP contribution < -0.4 is 16.0 Å². The molecule has 3 amide bonds. The molecule has 0 bridgehead atoms. The van der Waals surface area contributed by atoms with Crippen molar-refractivity contribution in [2.24, 2.45) is 5.92 Å². The van der Waals surface area contributed by atoms with Crippen LogP contribution in [0.25, 0.3) is 0 Å². The molecular formula is C31H36ClFN6O3. The number of carbonyl (C=O) groups is 2. The van der Waals surface area contributed by atoms with Gasteiger partial charge in [0.15, 0.2) is 0 Å². The number of amides is 3. The van der Waals surface area contributed by atoms with Gasteiger partial charge in [0, 0.05) is 38.2 Å². The Morgan fingerprint density at radius 2 is 1.90 bits per heavy atom. The number of anilines is 2. The third kappa shape index (κ3) is 6.56. The molecule has 222 valence electrons. The Morgan fingerprint density at radius 3 is 2.57 bits per heavy atom. The number of pyridine rings is 2. The molecule has 0 radical (unpaired) electrons. The van der Waals surface area contributed by atoms with Crippen LogP contribution in [0.15, 0.2) is 54.9 Å².